The number of nitrogens with one attached hydrogen (secondary N) is 2. The Bertz CT molecular complexity index is 400. The van der Waals surface area contributed by atoms with E-state index >= 15 is 0 Å². The highest BCUT2D eigenvalue weighted by Crippen LogP contribution is 2.38. The average Bonchev–Trinajstić information content (AvgIpc) is 2.71. The molecule has 2 heterocycles. The smallest absolute Gasteiger partial charge is 0.0688 e. The molecule has 0 bridgehead atoms. The number of rotatable bonds is 1. The third-order valence-corrected chi connectivity index (χ3v) is 4.42. The van der Waals surface area contributed by atoms with Crippen LogP contribution < -0.4 is 5.32 Å². The van der Waals surface area contributed by atoms with E-state index in [4.69, 9.17) is 0 Å². The monoisotopic (exact) mass is 233 g/mol. The highest BCUT2D eigenvalue weighted by molar-refractivity contribution is 5.31. The van der Waals surface area contributed by atoms with E-state index in [-0.39, 0.29) is 0 Å². The van der Waals surface area contributed by atoms with Crippen LogP contribution in [0.2, 0.25) is 0 Å². The van der Waals surface area contributed by atoms with E-state index in [1.54, 1.807) is 5.56 Å². The van der Waals surface area contributed by atoms with E-state index < -0.39 is 0 Å². The summed E-state index contributed by atoms with van der Waals surface area (Å²) >= 11 is 0. The van der Waals surface area contributed by atoms with Crippen LogP contribution in [-0.2, 0) is 12.8 Å². The van der Waals surface area contributed by atoms with Gasteiger partial charge in [0.1, 0.15) is 0 Å². The van der Waals surface area contributed by atoms with E-state index in [9.17, 15) is 0 Å². The van der Waals surface area contributed by atoms with Gasteiger partial charge in [-0.3, -0.25) is 5.10 Å². The molecule has 1 fully saturated rings. The summed E-state index contributed by atoms with van der Waals surface area (Å²) in [5.41, 5.74) is 4.80. The van der Waals surface area contributed by atoms with Gasteiger partial charge in [-0.15, -0.1) is 0 Å². The summed E-state index contributed by atoms with van der Waals surface area (Å²) in [6, 6.07) is 0. The first kappa shape index (κ1) is 11.3. The highest BCUT2D eigenvalue weighted by Gasteiger charge is 2.31. The van der Waals surface area contributed by atoms with Crippen LogP contribution in [-0.4, -0.2) is 23.3 Å². The van der Waals surface area contributed by atoms with Gasteiger partial charge in [0.2, 0.25) is 0 Å². The molecule has 0 aromatic carbocycles. The number of fused-ring (bicyclic) bond motifs is 1. The van der Waals surface area contributed by atoms with E-state index in [1.165, 1.54) is 43.5 Å². The van der Waals surface area contributed by atoms with Crippen LogP contribution in [0.25, 0.3) is 0 Å². The Morgan fingerprint density at radius 3 is 2.76 bits per heavy atom. The molecule has 0 amide bonds. The molecule has 0 spiro atoms. The summed E-state index contributed by atoms with van der Waals surface area (Å²) in [6.07, 6.45) is 6.19. The second kappa shape index (κ2) is 4.13. The number of aromatic nitrogens is 2. The summed E-state index contributed by atoms with van der Waals surface area (Å²) in [5.74, 6) is 0.692. The molecule has 3 rings (SSSR count). The topological polar surface area (TPSA) is 40.7 Å². The fraction of sp³-hybridized carbons (Fsp3) is 0.786. The lowest BCUT2D eigenvalue weighted by Crippen LogP contribution is -2.28. The van der Waals surface area contributed by atoms with Gasteiger partial charge < -0.3 is 5.32 Å². The van der Waals surface area contributed by atoms with Crippen LogP contribution in [0.5, 0.6) is 0 Å². The van der Waals surface area contributed by atoms with Crippen molar-refractivity contribution in [2.24, 2.45) is 5.41 Å². The maximum atomic E-state index is 4.63. The first-order valence-corrected chi connectivity index (χ1v) is 6.92. The lowest BCUT2D eigenvalue weighted by molar-refractivity contribution is 0.311. The molecular weight excluding hydrogens is 210 g/mol. The predicted molar refractivity (Wildman–Crippen MR) is 69.2 cm³/mol. The second-order valence-corrected chi connectivity index (χ2v) is 6.43. The highest BCUT2D eigenvalue weighted by atomic mass is 15.1. The molecule has 1 aromatic rings. The standard InChI is InChI=1S/C14H23N3/c1-14(2)6-3-11-12(9-14)16-17-13(11)10-4-7-15-8-5-10/h10,15H,3-9H2,1-2H3,(H,16,17). The molecule has 2 N–H and O–H groups in total. The Morgan fingerprint density at radius 1 is 1.24 bits per heavy atom. The van der Waals surface area contributed by atoms with Gasteiger partial charge in [0, 0.05) is 11.6 Å². The summed E-state index contributed by atoms with van der Waals surface area (Å²) < 4.78 is 0. The molecule has 0 saturated carbocycles. The number of H-pyrrole nitrogens is 1. The molecule has 2 aliphatic rings. The van der Waals surface area contributed by atoms with Crippen molar-refractivity contribution in [1.29, 1.82) is 0 Å². The first-order valence-electron chi connectivity index (χ1n) is 6.92. The molecule has 1 aliphatic heterocycles. The van der Waals surface area contributed by atoms with Gasteiger partial charge in [-0.25, -0.2) is 0 Å². The van der Waals surface area contributed by atoms with Crippen molar-refractivity contribution in [1.82, 2.24) is 15.5 Å². The zero-order valence-electron chi connectivity index (χ0n) is 11.0. The quantitative estimate of drug-likeness (QED) is 0.782. The lowest BCUT2D eigenvalue weighted by atomic mass is 9.75. The summed E-state index contributed by atoms with van der Waals surface area (Å²) in [6.45, 7) is 7.03. The molecule has 17 heavy (non-hydrogen) atoms. The Balaban J connectivity index is 1.85. The van der Waals surface area contributed by atoms with Crippen molar-refractivity contribution in [2.45, 2.75) is 51.9 Å². The normalized spacial score (nSPS) is 24.6. The number of nitrogens with zero attached hydrogens (tertiary/aromatic N) is 1. The summed E-state index contributed by atoms with van der Waals surface area (Å²) in [4.78, 5) is 0. The van der Waals surface area contributed by atoms with Gasteiger partial charge in [-0.05, 0) is 56.2 Å². The number of hydrogen-bond acceptors (Lipinski definition) is 2. The molecule has 1 saturated heterocycles. The largest absolute Gasteiger partial charge is 0.317 e. The zero-order chi connectivity index (χ0) is 11.9. The van der Waals surface area contributed by atoms with Crippen LogP contribution >= 0.6 is 0 Å². The maximum absolute atomic E-state index is 4.63. The maximum Gasteiger partial charge on any atom is 0.0688 e. The molecule has 3 nitrogen and oxygen atoms in total. The molecule has 1 aromatic heterocycles. The average molecular weight is 233 g/mol. The molecule has 3 heteroatoms. The van der Waals surface area contributed by atoms with Crippen molar-refractivity contribution < 1.29 is 0 Å². The Labute approximate surface area is 103 Å². The van der Waals surface area contributed by atoms with Crippen LogP contribution in [0.3, 0.4) is 0 Å². The van der Waals surface area contributed by atoms with Gasteiger partial charge in [0.15, 0.2) is 0 Å². The molecule has 94 valence electrons. The van der Waals surface area contributed by atoms with E-state index in [0.29, 0.717) is 11.3 Å². The molecule has 0 radical (unpaired) electrons. The number of piperidine rings is 1. The summed E-state index contributed by atoms with van der Waals surface area (Å²) in [5, 5.41) is 11.4. The van der Waals surface area contributed by atoms with E-state index in [2.05, 4.69) is 29.4 Å². The van der Waals surface area contributed by atoms with Gasteiger partial charge in [-0.1, -0.05) is 13.8 Å². The first-order chi connectivity index (χ1) is 8.16. The van der Waals surface area contributed by atoms with Crippen molar-refractivity contribution in [3.05, 3.63) is 17.0 Å². The van der Waals surface area contributed by atoms with E-state index in [0.717, 1.165) is 13.1 Å². The lowest BCUT2D eigenvalue weighted by Gasteiger charge is -2.30. The van der Waals surface area contributed by atoms with Crippen LogP contribution in [0.1, 0.15) is 56.0 Å². The summed E-state index contributed by atoms with van der Waals surface area (Å²) in [7, 11) is 0. The molecule has 0 unspecified atom stereocenters. The third-order valence-electron chi connectivity index (χ3n) is 4.42. The third kappa shape index (κ3) is 2.13. The zero-order valence-corrected chi connectivity index (χ0v) is 11.0. The van der Waals surface area contributed by atoms with Gasteiger partial charge >= 0.3 is 0 Å². The number of hydrogen-bond donors (Lipinski definition) is 2. The molecular formula is C14H23N3. The number of aromatic amines is 1. The minimum atomic E-state index is 0.449. The van der Waals surface area contributed by atoms with Crippen molar-refractivity contribution in [3.8, 4) is 0 Å². The molecule has 0 atom stereocenters. The fourth-order valence-electron chi connectivity index (χ4n) is 3.31. The fourth-order valence-corrected chi connectivity index (χ4v) is 3.31. The van der Waals surface area contributed by atoms with Gasteiger partial charge in [0.25, 0.3) is 0 Å². The minimum absolute atomic E-state index is 0.449. The Kier molecular flexibility index (Phi) is 2.74. The second-order valence-electron chi connectivity index (χ2n) is 6.43. The minimum Gasteiger partial charge on any atom is -0.317 e. The van der Waals surface area contributed by atoms with E-state index in [1.807, 2.05) is 0 Å². The van der Waals surface area contributed by atoms with Crippen LogP contribution in [0.15, 0.2) is 0 Å². The van der Waals surface area contributed by atoms with Crippen molar-refractivity contribution in [2.75, 3.05) is 13.1 Å². The van der Waals surface area contributed by atoms with Gasteiger partial charge in [-0.2, -0.15) is 5.10 Å². The Hall–Kier alpha value is -0.830. The SMILES string of the molecule is CC1(C)CCc2c(C3CCNCC3)n[nH]c2C1. The molecule has 1 aliphatic carbocycles. The van der Waals surface area contributed by atoms with Crippen molar-refractivity contribution >= 4 is 0 Å². The predicted octanol–water partition coefficient (Wildman–Crippen LogP) is 2.39. The van der Waals surface area contributed by atoms with Crippen LogP contribution in [0, 0.1) is 5.41 Å². The van der Waals surface area contributed by atoms with Crippen LogP contribution in [0.4, 0.5) is 0 Å². The van der Waals surface area contributed by atoms with Crippen molar-refractivity contribution in [3.63, 3.8) is 0 Å². The Morgan fingerprint density at radius 2 is 2.00 bits per heavy atom. The van der Waals surface area contributed by atoms with Gasteiger partial charge in [0.05, 0.1) is 5.69 Å².